The molecule has 28 heavy (non-hydrogen) atoms. The molecule has 138 valence electrons. The third kappa shape index (κ3) is 4.91. The van der Waals surface area contributed by atoms with Crippen molar-refractivity contribution in [3.8, 4) is 0 Å². The molecule has 0 N–H and O–H groups in total. The molecule has 0 radical (unpaired) electrons. The van der Waals surface area contributed by atoms with Gasteiger partial charge in [-0.15, -0.1) is 0 Å². The van der Waals surface area contributed by atoms with Crippen LogP contribution in [0.5, 0.6) is 0 Å². The van der Waals surface area contributed by atoms with Crippen molar-refractivity contribution >= 4 is 37.2 Å². The van der Waals surface area contributed by atoms with E-state index in [1.165, 1.54) is 0 Å². The Balaban J connectivity index is 1.93. The lowest BCUT2D eigenvalue weighted by Gasteiger charge is -2.10. The van der Waals surface area contributed by atoms with E-state index in [9.17, 15) is 14.2 Å². The zero-order valence-electron chi connectivity index (χ0n) is 15.1. The SMILES string of the molecule is O=Cc1ccc(/C=C/P(=O)(/C=C/c2ccc(C=O)cc2)c2ccccc2)cc1. The Bertz CT molecular complexity index is 982. The lowest BCUT2D eigenvalue weighted by atomic mass is 10.1. The first-order chi connectivity index (χ1) is 13.6. The highest BCUT2D eigenvalue weighted by Gasteiger charge is 2.17. The molecule has 0 aliphatic carbocycles. The van der Waals surface area contributed by atoms with Crippen molar-refractivity contribution in [2.75, 3.05) is 0 Å². The van der Waals surface area contributed by atoms with Crippen LogP contribution < -0.4 is 5.30 Å². The second-order valence-electron chi connectivity index (χ2n) is 6.25. The Kier molecular flexibility index (Phi) is 6.31. The number of carbonyl (C=O) groups is 2. The van der Waals surface area contributed by atoms with Crippen molar-refractivity contribution < 1.29 is 14.2 Å². The Morgan fingerprint density at radius 3 is 1.32 bits per heavy atom. The average molecular weight is 386 g/mol. The van der Waals surface area contributed by atoms with Gasteiger partial charge in [0, 0.05) is 16.4 Å². The summed E-state index contributed by atoms with van der Waals surface area (Å²) in [5, 5.41) is 0.733. The minimum Gasteiger partial charge on any atom is -0.310 e. The molecule has 3 nitrogen and oxygen atoms in total. The number of benzene rings is 3. The van der Waals surface area contributed by atoms with E-state index in [-0.39, 0.29) is 0 Å². The van der Waals surface area contributed by atoms with E-state index in [1.807, 2.05) is 66.7 Å². The average Bonchev–Trinajstić information content (AvgIpc) is 2.77. The summed E-state index contributed by atoms with van der Waals surface area (Å²) in [6.07, 6.45) is 5.20. The highest BCUT2D eigenvalue weighted by atomic mass is 31.2. The highest BCUT2D eigenvalue weighted by Crippen LogP contribution is 2.48. The van der Waals surface area contributed by atoms with E-state index < -0.39 is 7.14 Å². The van der Waals surface area contributed by atoms with E-state index in [4.69, 9.17) is 0 Å². The normalized spacial score (nSPS) is 11.7. The summed E-state index contributed by atoms with van der Waals surface area (Å²) < 4.78 is 13.7. The van der Waals surface area contributed by atoms with Gasteiger partial charge in [-0.25, -0.2) is 0 Å². The number of hydrogen-bond acceptors (Lipinski definition) is 3. The predicted molar refractivity (Wildman–Crippen MR) is 115 cm³/mol. The van der Waals surface area contributed by atoms with Gasteiger partial charge in [-0.05, 0) is 22.8 Å². The topological polar surface area (TPSA) is 51.2 Å². The van der Waals surface area contributed by atoms with Gasteiger partial charge in [0.2, 0.25) is 0 Å². The molecule has 3 aromatic carbocycles. The van der Waals surface area contributed by atoms with Crippen LogP contribution in [0.15, 0.2) is 90.5 Å². The number of aldehydes is 2. The van der Waals surface area contributed by atoms with Crippen molar-refractivity contribution in [1.82, 2.24) is 0 Å². The first-order valence-electron chi connectivity index (χ1n) is 8.77. The van der Waals surface area contributed by atoms with E-state index in [0.29, 0.717) is 11.1 Å². The standard InChI is InChI=1S/C24H19O3P/c25-18-22-10-6-20(7-11-22)14-16-28(27,24-4-2-1-3-5-24)17-15-21-8-12-23(19-26)13-9-21/h1-19H/b16-14+,17-15+. The van der Waals surface area contributed by atoms with Gasteiger partial charge in [0.25, 0.3) is 0 Å². The molecule has 4 heteroatoms. The Morgan fingerprint density at radius 2 is 0.929 bits per heavy atom. The maximum atomic E-state index is 13.7. The number of rotatable bonds is 7. The molecule has 0 aliphatic heterocycles. The maximum Gasteiger partial charge on any atom is 0.157 e. The molecule has 0 unspecified atom stereocenters. The minimum absolute atomic E-state index is 0.599. The quantitative estimate of drug-likeness (QED) is 0.390. The summed E-state index contributed by atoms with van der Waals surface area (Å²) >= 11 is 0. The number of carbonyl (C=O) groups excluding carboxylic acids is 2. The van der Waals surface area contributed by atoms with Crippen LogP contribution in [0.4, 0.5) is 0 Å². The van der Waals surface area contributed by atoms with Gasteiger partial charge < -0.3 is 4.57 Å². The molecule has 0 spiro atoms. The van der Waals surface area contributed by atoms with Gasteiger partial charge in [-0.2, -0.15) is 0 Å². The van der Waals surface area contributed by atoms with Crippen molar-refractivity contribution in [3.63, 3.8) is 0 Å². The summed E-state index contributed by atoms with van der Waals surface area (Å²) in [5.74, 6) is 3.43. The predicted octanol–water partition coefficient (Wildman–Crippen LogP) is 5.64. The molecular weight excluding hydrogens is 367 g/mol. The Labute approximate surface area is 164 Å². The maximum absolute atomic E-state index is 13.7. The van der Waals surface area contributed by atoms with E-state index in [2.05, 4.69) is 0 Å². The third-order valence-electron chi connectivity index (χ3n) is 4.28. The fourth-order valence-corrected chi connectivity index (χ4v) is 4.52. The first-order valence-corrected chi connectivity index (χ1v) is 10.6. The molecule has 0 aliphatic rings. The molecule has 3 rings (SSSR count). The van der Waals surface area contributed by atoms with Gasteiger partial charge in [0.15, 0.2) is 7.14 Å². The summed E-state index contributed by atoms with van der Waals surface area (Å²) in [6, 6.07) is 23.5. The van der Waals surface area contributed by atoms with Gasteiger partial charge in [0.1, 0.15) is 12.6 Å². The van der Waals surface area contributed by atoms with E-state index in [1.54, 1.807) is 35.9 Å². The Hall–Kier alpha value is -3.29. The summed E-state index contributed by atoms with van der Waals surface area (Å²) in [4.78, 5) is 21.6. The van der Waals surface area contributed by atoms with Crippen molar-refractivity contribution in [2.45, 2.75) is 0 Å². The molecule has 0 saturated heterocycles. The molecule has 0 amide bonds. The van der Waals surface area contributed by atoms with E-state index in [0.717, 1.165) is 29.0 Å². The molecule has 3 aromatic rings. The minimum atomic E-state index is -2.94. The smallest absolute Gasteiger partial charge is 0.157 e. The number of hydrogen-bond donors (Lipinski definition) is 0. The van der Waals surface area contributed by atoms with Crippen LogP contribution in [-0.4, -0.2) is 12.6 Å². The molecule has 0 fully saturated rings. The van der Waals surface area contributed by atoms with Crippen LogP contribution in [0.1, 0.15) is 31.8 Å². The lowest BCUT2D eigenvalue weighted by Crippen LogP contribution is -1.99. The van der Waals surface area contributed by atoms with Crippen LogP contribution in [0.2, 0.25) is 0 Å². The fourth-order valence-electron chi connectivity index (χ4n) is 2.65. The Morgan fingerprint density at radius 1 is 0.536 bits per heavy atom. The van der Waals surface area contributed by atoms with E-state index >= 15 is 0 Å². The van der Waals surface area contributed by atoms with Crippen molar-refractivity contribution in [1.29, 1.82) is 0 Å². The molecule has 0 heterocycles. The van der Waals surface area contributed by atoms with Crippen LogP contribution in [0, 0.1) is 0 Å². The third-order valence-corrected chi connectivity index (χ3v) is 6.57. The summed E-state index contributed by atoms with van der Waals surface area (Å²) in [7, 11) is -2.94. The highest BCUT2D eigenvalue weighted by molar-refractivity contribution is 7.77. The van der Waals surface area contributed by atoms with Gasteiger partial charge >= 0.3 is 0 Å². The van der Waals surface area contributed by atoms with Crippen LogP contribution in [-0.2, 0) is 4.57 Å². The second kappa shape index (κ2) is 9.07. The second-order valence-corrected chi connectivity index (χ2v) is 8.78. The van der Waals surface area contributed by atoms with Crippen molar-refractivity contribution in [3.05, 3.63) is 113 Å². The van der Waals surface area contributed by atoms with Gasteiger partial charge in [-0.3, -0.25) is 9.59 Å². The van der Waals surface area contributed by atoms with Gasteiger partial charge in [-0.1, -0.05) is 91.0 Å². The van der Waals surface area contributed by atoms with Crippen LogP contribution >= 0.6 is 7.14 Å². The van der Waals surface area contributed by atoms with Crippen LogP contribution in [0.25, 0.3) is 12.2 Å². The lowest BCUT2D eigenvalue weighted by molar-refractivity contribution is 0.111. The monoisotopic (exact) mass is 386 g/mol. The summed E-state index contributed by atoms with van der Waals surface area (Å²) in [6.45, 7) is 0. The van der Waals surface area contributed by atoms with Gasteiger partial charge in [0.05, 0.1) is 0 Å². The molecule has 0 atom stereocenters. The molecule has 0 aromatic heterocycles. The molecular formula is C24H19O3P. The van der Waals surface area contributed by atoms with Crippen molar-refractivity contribution in [2.24, 2.45) is 0 Å². The fraction of sp³-hybridized carbons (Fsp3) is 0. The first kappa shape index (κ1) is 19.5. The van der Waals surface area contributed by atoms with Crippen LogP contribution in [0.3, 0.4) is 0 Å². The zero-order chi connectivity index (χ0) is 19.8. The largest absolute Gasteiger partial charge is 0.310 e. The molecule has 0 bridgehead atoms. The summed E-state index contributed by atoms with van der Waals surface area (Å²) in [5.41, 5.74) is 2.93. The molecule has 0 saturated carbocycles. The zero-order valence-corrected chi connectivity index (χ0v) is 16.0.